The molecule has 1 aliphatic carbocycles. The summed E-state index contributed by atoms with van der Waals surface area (Å²) < 4.78 is 1.53. The van der Waals surface area contributed by atoms with Gasteiger partial charge in [-0.1, -0.05) is 60.7 Å². The Bertz CT molecular complexity index is 1450. The van der Waals surface area contributed by atoms with E-state index in [2.05, 4.69) is 52.7 Å². The van der Waals surface area contributed by atoms with Crippen LogP contribution in [0.25, 0.3) is 11.7 Å². The molecular formula is C25H23N5O. The van der Waals surface area contributed by atoms with Crippen molar-refractivity contribution in [2.24, 2.45) is 10.7 Å². The predicted molar refractivity (Wildman–Crippen MR) is 119 cm³/mol. The van der Waals surface area contributed by atoms with Crippen LogP contribution in [-0.4, -0.2) is 14.6 Å². The van der Waals surface area contributed by atoms with E-state index in [-0.39, 0.29) is 23.2 Å². The molecule has 4 aromatic rings. The van der Waals surface area contributed by atoms with Crippen molar-refractivity contribution in [1.29, 1.82) is 0 Å². The first-order valence-corrected chi connectivity index (χ1v) is 10.7. The van der Waals surface area contributed by atoms with E-state index >= 15 is 0 Å². The van der Waals surface area contributed by atoms with Gasteiger partial charge < -0.3 is 5.73 Å². The molecule has 0 bridgehead atoms. The lowest BCUT2D eigenvalue weighted by Crippen LogP contribution is -2.43. The van der Waals surface area contributed by atoms with E-state index < -0.39 is 0 Å². The van der Waals surface area contributed by atoms with Crippen LogP contribution in [0.2, 0.25) is 0 Å². The van der Waals surface area contributed by atoms with Gasteiger partial charge in [-0.2, -0.15) is 5.10 Å². The number of fused-ring (bicyclic) bond motifs is 3. The summed E-state index contributed by atoms with van der Waals surface area (Å²) in [7, 11) is 0. The maximum absolute atomic E-state index is 12.0. The van der Waals surface area contributed by atoms with E-state index in [4.69, 9.17) is 10.7 Å². The van der Waals surface area contributed by atoms with Crippen LogP contribution in [-0.2, 0) is 5.54 Å². The summed E-state index contributed by atoms with van der Waals surface area (Å²) >= 11 is 0. The van der Waals surface area contributed by atoms with E-state index in [1.807, 2.05) is 24.3 Å². The Labute approximate surface area is 178 Å². The third-order valence-electron chi connectivity index (χ3n) is 6.82. The number of nitrogens with two attached hydrogens (primary N) is 1. The van der Waals surface area contributed by atoms with Crippen molar-refractivity contribution >= 4 is 11.7 Å². The third-order valence-corrected chi connectivity index (χ3v) is 6.82. The first-order valence-electron chi connectivity index (χ1n) is 10.7. The summed E-state index contributed by atoms with van der Waals surface area (Å²) in [5.41, 5.74) is 10.3. The minimum Gasteiger partial charge on any atom is -0.321 e. The van der Waals surface area contributed by atoms with Gasteiger partial charge >= 0.3 is 5.69 Å². The van der Waals surface area contributed by atoms with Crippen molar-refractivity contribution in [1.82, 2.24) is 14.6 Å². The second kappa shape index (κ2) is 6.75. The van der Waals surface area contributed by atoms with E-state index in [9.17, 15) is 4.79 Å². The monoisotopic (exact) mass is 409 g/mol. The van der Waals surface area contributed by atoms with Gasteiger partial charge in [-0.25, -0.2) is 14.3 Å². The number of aromatic amines is 1. The van der Waals surface area contributed by atoms with Gasteiger partial charge in [-0.3, -0.25) is 4.99 Å². The van der Waals surface area contributed by atoms with Gasteiger partial charge in [0.25, 0.3) is 0 Å². The molecular weight excluding hydrogens is 386 g/mol. The Hall–Kier alpha value is -3.51. The molecule has 154 valence electrons. The second-order valence-corrected chi connectivity index (χ2v) is 8.65. The lowest BCUT2D eigenvalue weighted by molar-refractivity contribution is 0.253. The number of aromatic nitrogens is 3. The molecule has 1 aliphatic heterocycles. The van der Waals surface area contributed by atoms with Gasteiger partial charge in [0.15, 0.2) is 5.65 Å². The Morgan fingerprint density at radius 3 is 2.48 bits per heavy atom. The summed E-state index contributed by atoms with van der Waals surface area (Å²) in [6.45, 7) is 0. The molecule has 2 aromatic carbocycles. The van der Waals surface area contributed by atoms with Crippen LogP contribution in [0, 0.1) is 0 Å². The Morgan fingerprint density at radius 1 is 1.00 bits per heavy atom. The topological polar surface area (TPSA) is 88.5 Å². The van der Waals surface area contributed by atoms with Gasteiger partial charge in [0, 0.05) is 22.9 Å². The lowest BCUT2D eigenvalue weighted by Gasteiger charge is -2.38. The molecule has 0 saturated heterocycles. The molecule has 6 nitrogen and oxygen atoms in total. The fourth-order valence-electron chi connectivity index (χ4n) is 4.85. The Balaban J connectivity index is 1.52. The zero-order valence-electron chi connectivity index (χ0n) is 17.0. The minimum atomic E-state index is -0.244. The molecule has 2 atom stereocenters. The molecule has 2 unspecified atom stereocenters. The molecule has 3 heterocycles. The van der Waals surface area contributed by atoms with Crippen LogP contribution in [0.5, 0.6) is 0 Å². The molecule has 3 N–H and O–H groups in total. The molecule has 2 aliphatic rings. The van der Waals surface area contributed by atoms with Crippen molar-refractivity contribution in [3.63, 3.8) is 0 Å². The number of benzene rings is 2. The van der Waals surface area contributed by atoms with Crippen LogP contribution in [0.15, 0.2) is 76.6 Å². The molecule has 6 rings (SSSR count). The van der Waals surface area contributed by atoms with Crippen molar-refractivity contribution in [3.8, 4) is 0 Å². The first kappa shape index (κ1) is 18.3. The molecule has 1 saturated carbocycles. The van der Waals surface area contributed by atoms with E-state index in [1.165, 1.54) is 21.9 Å². The predicted octanol–water partition coefficient (Wildman–Crippen LogP) is 2.30. The first-order chi connectivity index (χ1) is 15.1. The molecule has 0 amide bonds. The van der Waals surface area contributed by atoms with E-state index in [0.29, 0.717) is 5.65 Å². The highest BCUT2D eigenvalue weighted by molar-refractivity contribution is 5.53. The number of hydrogen-bond acceptors (Lipinski definition) is 4. The summed E-state index contributed by atoms with van der Waals surface area (Å²) in [6, 6.07) is 20.9. The smallest absolute Gasteiger partial charge is 0.321 e. The van der Waals surface area contributed by atoms with Crippen molar-refractivity contribution < 1.29 is 0 Å². The molecule has 31 heavy (non-hydrogen) atoms. The van der Waals surface area contributed by atoms with Gasteiger partial charge in [0.05, 0.1) is 11.4 Å². The SMILES string of the molecule is NC1(c2ccc(C3N=c4ccn5c(=O)[nH]nc5c4=CC3c3ccccc3)cc2)CCC1. The number of H-pyrrole nitrogens is 1. The number of hydrogen-bond donors (Lipinski definition) is 2. The summed E-state index contributed by atoms with van der Waals surface area (Å²) in [6.07, 6.45) is 7.22. The van der Waals surface area contributed by atoms with Crippen molar-refractivity contribution in [3.05, 3.63) is 105 Å². The van der Waals surface area contributed by atoms with Gasteiger partial charge in [0.2, 0.25) is 0 Å². The van der Waals surface area contributed by atoms with Crippen LogP contribution < -0.4 is 22.0 Å². The van der Waals surface area contributed by atoms with Crippen molar-refractivity contribution in [2.75, 3.05) is 0 Å². The average Bonchev–Trinajstić information content (AvgIpc) is 3.18. The molecule has 1 fully saturated rings. The van der Waals surface area contributed by atoms with Crippen LogP contribution in [0.4, 0.5) is 0 Å². The Kier molecular flexibility index (Phi) is 3.98. The normalized spacial score (nSPS) is 21.6. The number of nitrogens with one attached hydrogen (secondary N) is 1. The quantitative estimate of drug-likeness (QED) is 0.544. The fourth-order valence-corrected chi connectivity index (χ4v) is 4.85. The number of pyridine rings is 1. The summed E-state index contributed by atoms with van der Waals surface area (Å²) in [4.78, 5) is 17.2. The molecule has 6 heteroatoms. The van der Waals surface area contributed by atoms with Crippen LogP contribution in [0.1, 0.15) is 47.9 Å². The Morgan fingerprint density at radius 2 is 1.77 bits per heavy atom. The van der Waals surface area contributed by atoms with Gasteiger partial charge in [-0.05, 0) is 42.0 Å². The largest absolute Gasteiger partial charge is 0.347 e. The maximum atomic E-state index is 12.0. The lowest BCUT2D eigenvalue weighted by atomic mass is 9.72. The average molecular weight is 409 g/mol. The third kappa shape index (κ3) is 2.86. The van der Waals surface area contributed by atoms with Crippen LogP contribution >= 0.6 is 0 Å². The van der Waals surface area contributed by atoms with Crippen LogP contribution in [0.3, 0.4) is 0 Å². The zero-order chi connectivity index (χ0) is 21.0. The second-order valence-electron chi connectivity index (χ2n) is 8.65. The highest BCUT2D eigenvalue weighted by atomic mass is 16.1. The fraction of sp³-hybridized carbons (Fsp3) is 0.240. The van der Waals surface area contributed by atoms with Crippen molar-refractivity contribution in [2.45, 2.75) is 36.8 Å². The minimum absolute atomic E-state index is 0.0353. The van der Waals surface area contributed by atoms with E-state index in [1.54, 1.807) is 6.20 Å². The van der Waals surface area contributed by atoms with Gasteiger partial charge in [0.1, 0.15) is 0 Å². The summed E-state index contributed by atoms with van der Waals surface area (Å²) in [5, 5.41) is 8.51. The number of rotatable bonds is 3. The number of nitrogens with zero attached hydrogens (tertiary/aromatic N) is 3. The zero-order valence-corrected chi connectivity index (χ0v) is 17.0. The maximum Gasteiger partial charge on any atom is 0.347 e. The highest BCUT2D eigenvalue weighted by Crippen LogP contribution is 2.40. The molecule has 0 radical (unpaired) electrons. The highest BCUT2D eigenvalue weighted by Gasteiger charge is 2.34. The summed E-state index contributed by atoms with van der Waals surface area (Å²) in [5.74, 6) is 0.0353. The standard InChI is InChI=1S/C25H23N5O/c26-25(12-4-13-25)18-9-7-17(8-10-18)22-19(16-5-2-1-3-6-16)15-20-21(27-22)11-14-30-23(20)28-29-24(30)31/h1-3,5-11,14-15,19,22H,4,12-13,26H2,(H,29,31). The molecule has 0 spiro atoms. The van der Waals surface area contributed by atoms with E-state index in [0.717, 1.165) is 29.0 Å². The molecule has 2 aromatic heterocycles. The van der Waals surface area contributed by atoms with Gasteiger partial charge in [-0.15, -0.1) is 0 Å².